The maximum atomic E-state index is 12.7. The summed E-state index contributed by atoms with van der Waals surface area (Å²) in [6.45, 7) is 2.49. The minimum absolute atomic E-state index is 0.155. The Labute approximate surface area is 214 Å². The van der Waals surface area contributed by atoms with Gasteiger partial charge in [0.05, 0.1) is 24.1 Å². The molecular weight excluding hydrogens is 476 g/mol. The van der Waals surface area contributed by atoms with Gasteiger partial charge in [-0.1, -0.05) is 18.2 Å². The van der Waals surface area contributed by atoms with Gasteiger partial charge in [0.2, 0.25) is 5.91 Å². The van der Waals surface area contributed by atoms with Gasteiger partial charge in [-0.15, -0.1) is 11.3 Å². The van der Waals surface area contributed by atoms with Gasteiger partial charge in [-0.05, 0) is 55.5 Å². The standard InChI is InChI=1S/C27H28N4O4S/c1-3-34-23-9-5-4-7-18(23)10-13-25(32)30-26-22(16-28)21-12-11-20(15-24(21)36-26)35-27(33)31(2)19-8-6-14-29-17-19/h4-9,14,17,20H,3,10-13,15H2,1-2H3,(H,30,32). The molecule has 2 aromatic heterocycles. The molecular formula is C27H28N4O4S. The van der Waals surface area contributed by atoms with E-state index in [2.05, 4.69) is 16.4 Å². The summed E-state index contributed by atoms with van der Waals surface area (Å²) in [6.07, 6.45) is 5.05. The van der Waals surface area contributed by atoms with Crippen molar-refractivity contribution in [2.75, 3.05) is 23.9 Å². The third kappa shape index (κ3) is 5.83. The Balaban J connectivity index is 1.38. The number of thiophene rings is 1. The summed E-state index contributed by atoms with van der Waals surface area (Å²) in [6, 6.07) is 13.5. The van der Waals surface area contributed by atoms with Crippen molar-refractivity contribution in [2.24, 2.45) is 0 Å². The fourth-order valence-electron chi connectivity index (χ4n) is 4.19. The molecule has 0 saturated carbocycles. The molecule has 1 N–H and O–H groups in total. The van der Waals surface area contributed by atoms with Gasteiger partial charge in [0, 0.05) is 31.0 Å². The Morgan fingerprint density at radius 2 is 2.11 bits per heavy atom. The molecule has 0 aliphatic heterocycles. The Morgan fingerprint density at radius 1 is 1.28 bits per heavy atom. The Morgan fingerprint density at radius 3 is 2.86 bits per heavy atom. The van der Waals surface area contributed by atoms with Crippen LogP contribution in [0.1, 0.15) is 41.3 Å². The van der Waals surface area contributed by atoms with E-state index in [1.165, 1.54) is 16.2 Å². The first-order valence-electron chi connectivity index (χ1n) is 11.9. The van der Waals surface area contributed by atoms with Gasteiger partial charge in [-0.3, -0.25) is 14.7 Å². The van der Waals surface area contributed by atoms with Gasteiger partial charge in [-0.25, -0.2) is 4.79 Å². The van der Waals surface area contributed by atoms with Gasteiger partial charge in [0.15, 0.2) is 0 Å². The number of nitrogens with one attached hydrogen (secondary N) is 1. The maximum Gasteiger partial charge on any atom is 0.414 e. The summed E-state index contributed by atoms with van der Waals surface area (Å²) in [5.41, 5.74) is 3.07. The molecule has 3 aromatic rings. The van der Waals surface area contributed by atoms with Crippen LogP contribution in [-0.4, -0.2) is 36.7 Å². The number of aromatic nitrogens is 1. The largest absolute Gasteiger partial charge is 0.494 e. The van der Waals surface area contributed by atoms with Gasteiger partial charge in [0.1, 0.15) is 22.9 Å². The smallest absolute Gasteiger partial charge is 0.414 e. The lowest BCUT2D eigenvalue weighted by Crippen LogP contribution is -2.33. The highest BCUT2D eigenvalue weighted by molar-refractivity contribution is 7.16. The summed E-state index contributed by atoms with van der Waals surface area (Å²) >= 11 is 1.39. The van der Waals surface area contributed by atoms with Crippen LogP contribution in [0.4, 0.5) is 15.5 Å². The quantitative estimate of drug-likeness (QED) is 0.457. The van der Waals surface area contributed by atoms with Crippen LogP contribution in [0.25, 0.3) is 0 Å². The maximum absolute atomic E-state index is 12.7. The molecule has 4 rings (SSSR count). The summed E-state index contributed by atoms with van der Waals surface area (Å²) in [4.78, 5) is 31.8. The van der Waals surface area contributed by atoms with E-state index in [1.54, 1.807) is 31.6 Å². The number of carbonyl (C=O) groups excluding carboxylic acids is 2. The summed E-state index contributed by atoms with van der Waals surface area (Å²) in [7, 11) is 1.65. The number of benzene rings is 1. The highest BCUT2D eigenvalue weighted by atomic mass is 32.1. The van der Waals surface area contributed by atoms with Gasteiger partial charge in [0.25, 0.3) is 0 Å². The highest BCUT2D eigenvalue weighted by Gasteiger charge is 2.29. The van der Waals surface area contributed by atoms with E-state index in [4.69, 9.17) is 9.47 Å². The normalized spacial score (nSPS) is 14.3. The van der Waals surface area contributed by atoms with E-state index in [-0.39, 0.29) is 18.4 Å². The molecule has 0 radical (unpaired) electrons. The lowest BCUT2D eigenvalue weighted by atomic mass is 9.94. The van der Waals surface area contributed by atoms with Crippen molar-refractivity contribution in [3.8, 4) is 11.8 Å². The van der Waals surface area contributed by atoms with Crippen molar-refractivity contribution in [1.29, 1.82) is 5.26 Å². The molecule has 2 heterocycles. The average molecular weight is 505 g/mol. The van der Waals surface area contributed by atoms with Crippen molar-refractivity contribution < 1.29 is 19.1 Å². The van der Waals surface area contributed by atoms with E-state index in [0.29, 0.717) is 48.5 Å². The van der Waals surface area contributed by atoms with Gasteiger partial charge < -0.3 is 14.8 Å². The van der Waals surface area contributed by atoms with Crippen LogP contribution in [0, 0.1) is 11.3 Å². The van der Waals surface area contributed by atoms with Crippen LogP contribution in [0.15, 0.2) is 48.8 Å². The molecule has 0 spiro atoms. The predicted octanol–water partition coefficient (Wildman–Crippen LogP) is 5.12. The average Bonchev–Trinajstić information content (AvgIpc) is 3.24. The van der Waals surface area contributed by atoms with Crippen molar-refractivity contribution in [3.63, 3.8) is 0 Å². The number of carbonyl (C=O) groups is 2. The number of hydrogen-bond donors (Lipinski definition) is 1. The Bertz CT molecular complexity index is 1270. The van der Waals surface area contributed by atoms with E-state index in [9.17, 15) is 14.9 Å². The Hall–Kier alpha value is -3.90. The number of ether oxygens (including phenoxy) is 2. The zero-order valence-electron chi connectivity index (χ0n) is 20.3. The molecule has 1 aliphatic carbocycles. The van der Waals surface area contributed by atoms with Crippen LogP contribution in [0.3, 0.4) is 0 Å². The topological polar surface area (TPSA) is 105 Å². The molecule has 8 nitrogen and oxygen atoms in total. The van der Waals surface area contributed by atoms with Crippen molar-refractivity contribution in [1.82, 2.24) is 4.98 Å². The third-order valence-electron chi connectivity index (χ3n) is 6.05. The first-order chi connectivity index (χ1) is 17.5. The second-order valence-electron chi connectivity index (χ2n) is 8.43. The fourth-order valence-corrected chi connectivity index (χ4v) is 5.46. The number of nitrogens with zero attached hydrogens (tertiary/aromatic N) is 3. The number of nitriles is 1. The first-order valence-corrected chi connectivity index (χ1v) is 12.7. The molecule has 1 aromatic carbocycles. The number of amides is 2. The van der Waals surface area contributed by atoms with Crippen LogP contribution in [0.2, 0.25) is 0 Å². The number of anilines is 2. The first kappa shape index (κ1) is 25.2. The van der Waals surface area contributed by atoms with Crippen molar-refractivity contribution in [2.45, 2.75) is 45.1 Å². The minimum atomic E-state index is -0.450. The molecule has 0 saturated heterocycles. The van der Waals surface area contributed by atoms with Crippen LogP contribution < -0.4 is 15.0 Å². The molecule has 1 aliphatic rings. The molecule has 0 bridgehead atoms. The summed E-state index contributed by atoms with van der Waals surface area (Å²) < 4.78 is 11.4. The third-order valence-corrected chi connectivity index (χ3v) is 7.22. The van der Waals surface area contributed by atoms with Crippen LogP contribution >= 0.6 is 11.3 Å². The number of pyridine rings is 1. The zero-order valence-corrected chi connectivity index (χ0v) is 21.1. The predicted molar refractivity (Wildman–Crippen MR) is 139 cm³/mol. The van der Waals surface area contributed by atoms with Crippen molar-refractivity contribution in [3.05, 3.63) is 70.4 Å². The van der Waals surface area contributed by atoms with E-state index in [1.807, 2.05) is 31.2 Å². The highest BCUT2D eigenvalue weighted by Crippen LogP contribution is 2.38. The van der Waals surface area contributed by atoms with E-state index in [0.717, 1.165) is 21.8 Å². The van der Waals surface area contributed by atoms with Gasteiger partial charge in [-0.2, -0.15) is 5.26 Å². The van der Waals surface area contributed by atoms with Gasteiger partial charge >= 0.3 is 6.09 Å². The number of hydrogen-bond acceptors (Lipinski definition) is 7. The molecule has 1 unspecified atom stereocenters. The van der Waals surface area contributed by atoms with Crippen LogP contribution in [0.5, 0.6) is 5.75 Å². The summed E-state index contributed by atoms with van der Waals surface area (Å²) in [5, 5.41) is 13.3. The van der Waals surface area contributed by atoms with E-state index >= 15 is 0 Å². The lowest BCUT2D eigenvalue weighted by Gasteiger charge is -2.25. The van der Waals surface area contributed by atoms with E-state index < -0.39 is 6.09 Å². The lowest BCUT2D eigenvalue weighted by molar-refractivity contribution is -0.116. The molecule has 2 amide bonds. The SMILES string of the molecule is CCOc1ccccc1CCC(=O)Nc1sc2c(c1C#N)CCC(OC(=O)N(C)c1cccnc1)C2. The molecule has 36 heavy (non-hydrogen) atoms. The second kappa shape index (κ2) is 11.7. The summed E-state index contributed by atoms with van der Waals surface area (Å²) in [5.74, 6) is 0.629. The zero-order chi connectivity index (χ0) is 25.5. The van der Waals surface area contributed by atoms with Crippen molar-refractivity contribution >= 4 is 34.0 Å². The van der Waals surface area contributed by atoms with Crippen LogP contribution in [-0.2, 0) is 28.8 Å². The number of fused-ring (bicyclic) bond motifs is 1. The monoisotopic (exact) mass is 504 g/mol. The Kier molecular flexibility index (Phi) is 8.18. The number of rotatable bonds is 8. The molecule has 9 heteroatoms. The number of para-hydroxylation sites is 1. The number of aryl methyl sites for hydroxylation is 1. The second-order valence-corrected chi connectivity index (χ2v) is 9.53. The molecule has 0 fully saturated rings. The fraction of sp³-hybridized carbons (Fsp3) is 0.333. The molecule has 186 valence electrons. The minimum Gasteiger partial charge on any atom is -0.494 e. The molecule has 1 atom stereocenters.